The maximum atomic E-state index is 12.3. The molecule has 0 aliphatic carbocycles. The number of anilines is 1. The molecule has 136 valence electrons. The van der Waals surface area contributed by atoms with Crippen molar-refractivity contribution in [3.63, 3.8) is 0 Å². The van der Waals surface area contributed by atoms with Crippen LogP contribution in [-0.2, 0) is 4.79 Å². The monoisotopic (exact) mass is 371 g/mol. The molecule has 6 nitrogen and oxygen atoms in total. The van der Waals surface area contributed by atoms with Crippen molar-refractivity contribution in [3.8, 4) is 0 Å². The van der Waals surface area contributed by atoms with Crippen LogP contribution in [0.3, 0.4) is 0 Å². The van der Waals surface area contributed by atoms with Gasteiger partial charge in [0.05, 0.1) is 11.4 Å². The van der Waals surface area contributed by atoms with Gasteiger partial charge < -0.3 is 15.5 Å². The lowest BCUT2D eigenvalue weighted by molar-refractivity contribution is -0.115. The number of carbonyl (C=O) groups excluding carboxylic acids is 3. The highest BCUT2D eigenvalue weighted by molar-refractivity contribution is 7.13. The molecule has 1 fully saturated rings. The van der Waals surface area contributed by atoms with E-state index in [1.807, 2.05) is 17.9 Å². The standard InChI is InChI=1S/C19H21N3O3S/c1-13-4-9-16(26-13)18(24)20-12-17(23)21-15-7-5-14(6-8-15)19(25)22-10-2-3-11-22/h4-9H,2-3,10-12H2,1H3,(H,20,24)(H,21,23). The molecule has 0 bridgehead atoms. The second kappa shape index (κ2) is 8.14. The molecule has 0 saturated carbocycles. The third-order valence-electron chi connectivity index (χ3n) is 4.18. The molecule has 26 heavy (non-hydrogen) atoms. The van der Waals surface area contributed by atoms with E-state index in [4.69, 9.17) is 0 Å². The molecular weight excluding hydrogens is 350 g/mol. The summed E-state index contributed by atoms with van der Waals surface area (Å²) in [4.78, 5) is 39.7. The van der Waals surface area contributed by atoms with Gasteiger partial charge >= 0.3 is 0 Å². The zero-order valence-corrected chi connectivity index (χ0v) is 15.4. The van der Waals surface area contributed by atoms with Gasteiger partial charge in [0.25, 0.3) is 11.8 Å². The van der Waals surface area contributed by atoms with Gasteiger partial charge in [-0.3, -0.25) is 14.4 Å². The molecule has 7 heteroatoms. The van der Waals surface area contributed by atoms with Crippen molar-refractivity contribution >= 4 is 34.7 Å². The van der Waals surface area contributed by atoms with E-state index in [-0.39, 0.29) is 24.3 Å². The minimum Gasteiger partial charge on any atom is -0.342 e. The molecule has 1 aliphatic heterocycles. The average Bonchev–Trinajstić information content (AvgIpc) is 3.31. The second-order valence-electron chi connectivity index (χ2n) is 6.22. The Morgan fingerprint density at radius 2 is 1.73 bits per heavy atom. The maximum absolute atomic E-state index is 12.3. The van der Waals surface area contributed by atoms with E-state index in [2.05, 4.69) is 10.6 Å². The molecule has 2 heterocycles. The van der Waals surface area contributed by atoms with Gasteiger partial charge in [-0.15, -0.1) is 11.3 Å². The molecular formula is C19H21N3O3S. The van der Waals surface area contributed by atoms with E-state index in [0.29, 0.717) is 16.1 Å². The fraction of sp³-hybridized carbons (Fsp3) is 0.316. The second-order valence-corrected chi connectivity index (χ2v) is 7.51. The van der Waals surface area contributed by atoms with Crippen LogP contribution < -0.4 is 10.6 Å². The lowest BCUT2D eigenvalue weighted by Crippen LogP contribution is -2.32. The predicted molar refractivity (Wildman–Crippen MR) is 102 cm³/mol. The molecule has 1 saturated heterocycles. The Kier molecular flexibility index (Phi) is 5.68. The quantitative estimate of drug-likeness (QED) is 0.848. The highest BCUT2D eigenvalue weighted by Crippen LogP contribution is 2.16. The Bertz CT molecular complexity index is 808. The number of benzene rings is 1. The fourth-order valence-corrected chi connectivity index (χ4v) is 3.59. The topological polar surface area (TPSA) is 78.5 Å². The molecule has 1 aromatic carbocycles. The molecule has 2 aromatic rings. The lowest BCUT2D eigenvalue weighted by atomic mass is 10.2. The number of aryl methyl sites for hydroxylation is 1. The summed E-state index contributed by atoms with van der Waals surface area (Å²) >= 11 is 1.39. The van der Waals surface area contributed by atoms with Gasteiger partial charge in [-0.05, 0) is 56.2 Å². The van der Waals surface area contributed by atoms with Crippen molar-refractivity contribution in [2.45, 2.75) is 19.8 Å². The summed E-state index contributed by atoms with van der Waals surface area (Å²) < 4.78 is 0. The number of amides is 3. The summed E-state index contributed by atoms with van der Waals surface area (Å²) in [6, 6.07) is 10.4. The molecule has 1 aromatic heterocycles. The molecule has 2 N–H and O–H groups in total. The van der Waals surface area contributed by atoms with Gasteiger partial charge in [0, 0.05) is 29.2 Å². The number of nitrogens with one attached hydrogen (secondary N) is 2. The minimum atomic E-state index is -0.315. The molecule has 0 spiro atoms. The highest BCUT2D eigenvalue weighted by Gasteiger charge is 2.19. The predicted octanol–water partition coefficient (Wildman–Crippen LogP) is 2.66. The zero-order valence-electron chi connectivity index (χ0n) is 14.6. The smallest absolute Gasteiger partial charge is 0.261 e. The van der Waals surface area contributed by atoms with Crippen molar-refractivity contribution in [3.05, 3.63) is 51.7 Å². The lowest BCUT2D eigenvalue weighted by Gasteiger charge is -2.15. The van der Waals surface area contributed by atoms with Crippen LogP contribution in [-0.4, -0.2) is 42.3 Å². The number of carbonyl (C=O) groups is 3. The van der Waals surface area contributed by atoms with Gasteiger partial charge in [-0.1, -0.05) is 0 Å². The van der Waals surface area contributed by atoms with Gasteiger partial charge in [-0.25, -0.2) is 0 Å². The van der Waals surface area contributed by atoms with Crippen molar-refractivity contribution in [1.29, 1.82) is 0 Å². The van der Waals surface area contributed by atoms with Crippen LogP contribution in [0.15, 0.2) is 36.4 Å². The van der Waals surface area contributed by atoms with Crippen LogP contribution in [0.4, 0.5) is 5.69 Å². The van der Waals surface area contributed by atoms with Gasteiger partial charge in [0.2, 0.25) is 5.91 Å². The number of thiophene rings is 1. The maximum Gasteiger partial charge on any atom is 0.261 e. The van der Waals surface area contributed by atoms with Crippen LogP contribution in [0.25, 0.3) is 0 Å². The summed E-state index contributed by atoms with van der Waals surface area (Å²) in [6.07, 6.45) is 2.10. The number of nitrogens with zero attached hydrogens (tertiary/aromatic N) is 1. The summed E-state index contributed by atoms with van der Waals surface area (Å²) in [7, 11) is 0. The number of rotatable bonds is 5. The van der Waals surface area contributed by atoms with Crippen molar-refractivity contribution in [2.24, 2.45) is 0 Å². The first-order valence-electron chi connectivity index (χ1n) is 8.57. The highest BCUT2D eigenvalue weighted by atomic mass is 32.1. The van der Waals surface area contributed by atoms with Gasteiger partial charge in [-0.2, -0.15) is 0 Å². The van der Waals surface area contributed by atoms with Crippen LogP contribution in [0.2, 0.25) is 0 Å². The molecule has 0 atom stereocenters. The van der Waals surface area contributed by atoms with E-state index in [1.54, 1.807) is 30.3 Å². The zero-order chi connectivity index (χ0) is 18.5. The van der Waals surface area contributed by atoms with Crippen molar-refractivity contribution in [2.75, 3.05) is 25.0 Å². The Balaban J connectivity index is 1.49. The van der Waals surface area contributed by atoms with E-state index < -0.39 is 0 Å². The number of hydrogen-bond donors (Lipinski definition) is 2. The largest absolute Gasteiger partial charge is 0.342 e. The van der Waals surface area contributed by atoms with E-state index in [1.165, 1.54) is 11.3 Å². The van der Waals surface area contributed by atoms with Crippen molar-refractivity contribution < 1.29 is 14.4 Å². The summed E-state index contributed by atoms with van der Waals surface area (Å²) in [5, 5.41) is 5.31. The third-order valence-corrected chi connectivity index (χ3v) is 5.18. The Morgan fingerprint density at radius 1 is 1.04 bits per heavy atom. The minimum absolute atomic E-state index is 0.0267. The van der Waals surface area contributed by atoms with Crippen LogP contribution in [0.1, 0.15) is 37.7 Å². The van der Waals surface area contributed by atoms with Crippen LogP contribution >= 0.6 is 11.3 Å². The average molecular weight is 371 g/mol. The van der Waals surface area contributed by atoms with E-state index in [9.17, 15) is 14.4 Å². The number of hydrogen-bond acceptors (Lipinski definition) is 4. The summed E-state index contributed by atoms with van der Waals surface area (Å²) in [5.74, 6) is -0.547. The first-order valence-corrected chi connectivity index (χ1v) is 9.38. The van der Waals surface area contributed by atoms with Gasteiger partial charge in [0.1, 0.15) is 0 Å². The van der Waals surface area contributed by atoms with E-state index >= 15 is 0 Å². The summed E-state index contributed by atoms with van der Waals surface area (Å²) in [6.45, 7) is 3.43. The third kappa shape index (κ3) is 4.49. The Hall–Kier alpha value is -2.67. The molecule has 3 amide bonds. The van der Waals surface area contributed by atoms with Gasteiger partial charge in [0.15, 0.2) is 0 Å². The Morgan fingerprint density at radius 3 is 2.35 bits per heavy atom. The van der Waals surface area contributed by atoms with Crippen LogP contribution in [0.5, 0.6) is 0 Å². The molecule has 1 aliphatic rings. The fourth-order valence-electron chi connectivity index (χ4n) is 2.81. The Labute approximate surface area is 156 Å². The normalized spacial score (nSPS) is 13.5. The first-order chi connectivity index (χ1) is 12.5. The first kappa shape index (κ1) is 18.1. The molecule has 0 radical (unpaired) electrons. The van der Waals surface area contributed by atoms with E-state index in [0.717, 1.165) is 30.8 Å². The van der Waals surface area contributed by atoms with Crippen molar-refractivity contribution in [1.82, 2.24) is 10.2 Å². The summed E-state index contributed by atoms with van der Waals surface area (Å²) in [5.41, 5.74) is 1.21. The molecule has 3 rings (SSSR count). The SMILES string of the molecule is Cc1ccc(C(=O)NCC(=O)Nc2ccc(C(=O)N3CCCC3)cc2)s1. The molecule has 0 unspecified atom stereocenters. The van der Waals surface area contributed by atoms with Crippen LogP contribution in [0, 0.1) is 6.92 Å². The number of likely N-dealkylation sites (tertiary alicyclic amines) is 1.